The summed E-state index contributed by atoms with van der Waals surface area (Å²) >= 11 is 12.2. The Morgan fingerprint density at radius 3 is 2.71 bits per heavy atom. The fraction of sp³-hybridized carbons (Fsp3) is 0.0500. The maximum absolute atomic E-state index is 12.1. The molecule has 28 heavy (non-hydrogen) atoms. The maximum Gasteiger partial charge on any atom is 0.293 e. The standard InChI is InChI=1S/C20H14Cl2N2O4/c1-12-5-8-16(17(11-12)24(26)27)23-19(25)10-7-13-6-9-18(28-13)14-3-2-4-15(21)20(14)22/h2-11H,1H3,(H,23,25). The lowest BCUT2D eigenvalue weighted by molar-refractivity contribution is -0.384. The summed E-state index contributed by atoms with van der Waals surface area (Å²) in [6.07, 6.45) is 2.68. The zero-order valence-electron chi connectivity index (χ0n) is 14.6. The number of aryl methyl sites for hydroxylation is 1. The van der Waals surface area contributed by atoms with Gasteiger partial charge in [-0.2, -0.15) is 0 Å². The number of hydrogen-bond donors (Lipinski definition) is 1. The summed E-state index contributed by atoms with van der Waals surface area (Å²) in [4.78, 5) is 22.7. The fourth-order valence-corrected chi connectivity index (χ4v) is 2.91. The summed E-state index contributed by atoms with van der Waals surface area (Å²) in [5, 5.41) is 14.4. The first-order valence-corrected chi connectivity index (χ1v) is 8.89. The highest BCUT2D eigenvalue weighted by atomic mass is 35.5. The average Bonchev–Trinajstić information content (AvgIpc) is 3.12. The number of carbonyl (C=O) groups excluding carboxylic acids is 1. The van der Waals surface area contributed by atoms with Crippen LogP contribution in [0, 0.1) is 17.0 Å². The van der Waals surface area contributed by atoms with Crippen LogP contribution in [-0.2, 0) is 4.79 Å². The van der Waals surface area contributed by atoms with Gasteiger partial charge in [0.1, 0.15) is 17.2 Å². The minimum atomic E-state index is -0.542. The lowest BCUT2D eigenvalue weighted by Gasteiger charge is -2.04. The third-order valence-electron chi connectivity index (χ3n) is 3.85. The molecule has 6 nitrogen and oxygen atoms in total. The van der Waals surface area contributed by atoms with Crippen molar-refractivity contribution in [1.82, 2.24) is 0 Å². The third kappa shape index (κ3) is 4.42. The second-order valence-electron chi connectivity index (χ2n) is 5.90. The van der Waals surface area contributed by atoms with Gasteiger partial charge in [-0.3, -0.25) is 14.9 Å². The van der Waals surface area contributed by atoms with Crippen LogP contribution in [0.4, 0.5) is 11.4 Å². The van der Waals surface area contributed by atoms with Crippen molar-refractivity contribution in [2.75, 3.05) is 5.32 Å². The van der Waals surface area contributed by atoms with Crippen LogP contribution in [0.3, 0.4) is 0 Å². The van der Waals surface area contributed by atoms with Crippen molar-refractivity contribution in [3.8, 4) is 11.3 Å². The van der Waals surface area contributed by atoms with Gasteiger partial charge in [0.05, 0.1) is 15.0 Å². The van der Waals surface area contributed by atoms with E-state index in [1.807, 2.05) is 0 Å². The Hall–Kier alpha value is -3.09. The van der Waals surface area contributed by atoms with Gasteiger partial charge in [0.25, 0.3) is 5.69 Å². The van der Waals surface area contributed by atoms with Gasteiger partial charge in [-0.05, 0) is 48.9 Å². The number of nitrogens with one attached hydrogen (secondary N) is 1. The number of nitrogens with zero attached hydrogens (tertiary/aromatic N) is 1. The van der Waals surface area contributed by atoms with Crippen LogP contribution in [0.15, 0.2) is 59.0 Å². The van der Waals surface area contributed by atoms with Crippen LogP contribution in [0.25, 0.3) is 17.4 Å². The van der Waals surface area contributed by atoms with E-state index < -0.39 is 10.8 Å². The van der Waals surface area contributed by atoms with Crippen molar-refractivity contribution >= 4 is 46.6 Å². The number of carbonyl (C=O) groups is 1. The van der Waals surface area contributed by atoms with Crippen molar-refractivity contribution in [2.24, 2.45) is 0 Å². The zero-order valence-corrected chi connectivity index (χ0v) is 16.1. The Balaban J connectivity index is 1.75. The Morgan fingerprint density at radius 2 is 1.96 bits per heavy atom. The van der Waals surface area contributed by atoms with Gasteiger partial charge in [0.15, 0.2) is 0 Å². The molecule has 0 aliphatic heterocycles. The number of hydrogen-bond acceptors (Lipinski definition) is 4. The SMILES string of the molecule is Cc1ccc(NC(=O)C=Cc2ccc(-c3cccc(Cl)c3Cl)o2)c([N+](=O)[O-])c1. The molecule has 0 atom stereocenters. The highest BCUT2D eigenvalue weighted by Gasteiger charge is 2.15. The number of rotatable bonds is 5. The molecule has 3 aromatic rings. The highest BCUT2D eigenvalue weighted by molar-refractivity contribution is 6.43. The molecule has 0 bridgehead atoms. The second kappa shape index (κ2) is 8.29. The molecule has 3 rings (SSSR count). The van der Waals surface area contributed by atoms with Gasteiger partial charge in [0.2, 0.25) is 5.91 Å². The summed E-state index contributed by atoms with van der Waals surface area (Å²) in [7, 11) is 0. The number of nitro groups is 1. The Morgan fingerprint density at radius 1 is 1.18 bits per heavy atom. The van der Waals surface area contributed by atoms with E-state index in [2.05, 4.69) is 5.32 Å². The first kappa shape index (κ1) is 19.7. The molecule has 1 heterocycles. The normalized spacial score (nSPS) is 11.0. The molecular formula is C20H14Cl2N2O4. The van der Waals surface area contributed by atoms with E-state index in [0.717, 1.165) is 5.56 Å². The number of halogens is 2. The molecule has 0 saturated carbocycles. The minimum Gasteiger partial charge on any atom is -0.457 e. The van der Waals surface area contributed by atoms with E-state index in [0.29, 0.717) is 27.1 Å². The lowest BCUT2D eigenvalue weighted by atomic mass is 10.2. The first-order valence-electron chi connectivity index (χ1n) is 8.13. The number of furan rings is 1. The van der Waals surface area contributed by atoms with Crippen LogP contribution < -0.4 is 5.32 Å². The lowest BCUT2D eigenvalue weighted by Crippen LogP contribution is -2.09. The predicted octanol–water partition coefficient (Wildman–Crippen LogP) is 6.12. The first-order chi connectivity index (χ1) is 13.3. The molecular weight excluding hydrogens is 403 g/mol. The summed E-state index contributed by atoms with van der Waals surface area (Å²) in [6.45, 7) is 1.74. The molecule has 0 aliphatic rings. The minimum absolute atomic E-state index is 0.121. The van der Waals surface area contributed by atoms with E-state index in [9.17, 15) is 14.9 Å². The molecule has 0 spiro atoms. The topological polar surface area (TPSA) is 85.4 Å². The Bertz CT molecular complexity index is 1090. The predicted molar refractivity (Wildman–Crippen MR) is 110 cm³/mol. The quantitative estimate of drug-likeness (QED) is 0.308. The molecule has 0 fully saturated rings. The van der Waals surface area contributed by atoms with E-state index in [1.165, 1.54) is 24.3 Å². The molecule has 142 valence electrons. The van der Waals surface area contributed by atoms with Gasteiger partial charge in [-0.1, -0.05) is 35.3 Å². The van der Waals surface area contributed by atoms with Crippen LogP contribution in [0.2, 0.25) is 10.0 Å². The van der Waals surface area contributed by atoms with E-state index in [-0.39, 0.29) is 11.4 Å². The average molecular weight is 417 g/mol. The highest BCUT2D eigenvalue weighted by Crippen LogP contribution is 2.34. The Kier molecular flexibility index (Phi) is 5.82. The Labute approximate surface area is 170 Å². The van der Waals surface area contributed by atoms with Crippen molar-refractivity contribution in [3.63, 3.8) is 0 Å². The molecule has 2 aromatic carbocycles. The van der Waals surface area contributed by atoms with Crippen LogP contribution in [0.5, 0.6) is 0 Å². The molecule has 0 aliphatic carbocycles. The number of amides is 1. The van der Waals surface area contributed by atoms with Crippen molar-refractivity contribution in [3.05, 3.63) is 86.1 Å². The summed E-state index contributed by atoms with van der Waals surface area (Å²) in [5.74, 6) is 0.395. The van der Waals surface area contributed by atoms with Crippen LogP contribution in [-0.4, -0.2) is 10.8 Å². The molecule has 0 radical (unpaired) electrons. The third-order valence-corrected chi connectivity index (χ3v) is 4.67. The van der Waals surface area contributed by atoms with Crippen molar-refractivity contribution in [1.29, 1.82) is 0 Å². The van der Waals surface area contributed by atoms with Gasteiger partial charge < -0.3 is 9.73 Å². The van der Waals surface area contributed by atoms with Gasteiger partial charge in [-0.15, -0.1) is 0 Å². The number of anilines is 1. The number of benzene rings is 2. The molecule has 1 N–H and O–H groups in total. The molecule has 0 saturated heterocycles. The van der Waals surface area contributed by atoms with Crippen molar-refractivity contribution in [2.45, 2.75) is 6.92 Å². The van der Waals surface area contributed by atoms with Crippen LogP contribution >= 0.6 is 23.2 Å². The van der Waals surface area contributed by atoms with Crippen LogP contribution in [0.1, 0.15) is 11.3 Å². The fourth-order valence-electron chi connectivity index (χ4n) is 2.51. The van der Waals surface area contributed by atoms with Gasteiger partial charge in [-0.25, -0.2) is 0 Å². The molecule has 1 aromatic heterocycles. The maximum atomic E-state index is 12.1. The summed E-state index contributed by atoms with van der Waals surface area (Å²) in [5.41, 5.74) is 1.31. The summed E-state index contributed by atoms with van der Waals surface area (Å²) < 4.78 is 5.67. The monoisotopic (exact) mass is 416 g/mol. The molecule has 8 heteroatoms. The van der Waals surface area contributed by atoms with Crippen molar-refractivity contribution < 1.29 is 14.1 Å². The van der Waals surface area contributed by atoms with Gasteiger partial charge >= 0.3 is 0 Å². The number of nitro benzene ring substituents is 1. The molecule has 1 amide bonds. The van der Waals surface area contributed by atoms with E-state index in [4.69, 9.17) is 27.6 Å². The smallest absolute Gasteiger partial charge is 0.293 e. The van der Waals surface area contributed by atoms with E-state index >= 15 is 0 Å². The van der Waals surface area contributed by atoms with E-state index in [1.54, 1.807) is 43.3 Å². The largest absolute Gasteiger partial charge is 0.457 e. The van der Waals surface area contributed by atoms with Gasteiger partial charge in [0, 0.05) is 17.7 Å². The summed E-state index contributed by atoms with van der Waals surface area (Å²) in [6, 6.07) is 13.1. The molecule has 0 unspecified atom stereocenters. The second-order valence-corrected chi connectivity index (χ2v) is 6.69. The zero-order chi connectivity index (χ0) is 20.3.